The molecule has 6 nitrogen and oxygen atoms in total. The highest BCUT2D eigenvalue weighted by Crippen LogP contribution is 2.26. The van der Waals surface area contributed by atoms with Crippen molar-refractivity contribution in [1.82, 2.24) is 14.5 Å². The van der Waals surface area contributed by atoms with Gasteiger partial charge in [0.1, 0.15) is 0 Å². The van der Waals surface area contributed by atoms with Crippen molar-refractivity contribution in [1.29, 1.82) is 0 Å². The van der Waals surface area contributed by atoms with E-state index in [0.29, 0.717) is 23.6 Å². The van der Waals surface area contributed by atoms with E-state index in [-0.39, 0.29) is 11.3 Å². The fourth-order valence-corrected chi connectivity index (χ4v) is 2.85. The van der Waals surface area contributed by atoms with Crippen LogP contribution in [0.5, 0.6) is 0 Å². The van der Waals surface area contributed by atoms with Gasteiger partial charge in [-0.05, 0) is 31.5 Å². The summed E-state index contributed by atoms with van der Waals surface area (Å²) < 4.78 is 1.63. The topological polar surface area (TPSA) is 78.3 Å². The molecule has 3 rings (SSSR count). The zero-order valence-corrected chi connectivity index (χ0v) is 12.0. The minimum absolute atomic E-state index is 0.137. The Balaban J connectivity index is 1.91. The van der Waals surface area contributed by atoms with Gasteiger partial charge < -0.3 is 10.1 Å². The molecule has 0 aliphatic heterocycles. The summed E-state index contributed by atoms with van der Waals surface area (Å²) in [6, 6.07) is 5.62. The number of benzene rings is 1. The molecule has 2 N–H and O–H groups in total. The van der Waals surface area contributed by atoms with Crippen molar-refractivity contribution in [2.75, 3.05) is 13.1 Å². The number of nitrogens with zero attached hydrogens (tertiary/aromatic N) is 2. The van der Waals surface area contributed by atoms with Crippen LogP contribution < -0.4 is 5.69 Å². The number of H-pyrrole nitrogens is 1. The number of hydrogen-bond acceptors (Lipinski definition) is 3. The maximum Gasteiger partial charge on any atom is 0.337 e. The van der Waals surface area contributed by atoms with E-state index in [0.717, 1.165) is 13.1 Å². The van der Waals surface area contributed by atoms with Crippen LogP contribution in [-0.2, 0) is 6.54 Å². The van der Waals surface area contributed by atoms with E-state index in [1.54, 1.807) is 16.7 Å². The second-order valence-electron chi connectivity index (χ2n) is 5.45. The number of para-hydroxylation sites is 1. The lowest BCUT2D eigenvalue weighted by molar-refractivity contribution is 0.0699. The van der Waals surface area contributed by atoms with Crippen LogP contribution in [0.4, 0.5) is 0 Å². The SMILES string of the molecule is CCN(CCn1c(=O)[nH]c2c(C(=O)O)cccc21)C1CC1. The summed E-state index contributed by atoms with van der Waals surface area (Å²) in [6.45, 7) is 4.48. The van der Waals surface area contributed by atoms with Crippen LogP contribution in [0.2, 0.25) is 0 Å². The van der Waals surface area contributed by atoms with E-state index in [2.05, 4.69) is 16.8 Å². The van der Waals surface area contributed by atoms with E-state index >= 15 is 0 Å². The van der Waals surface area contributed by atoms with Crippen LogP contribution in [0.25, 0.3) is 11.0 Å². The van der Waals surface area contributed by atoms with Crippen LogP contribution in [0, 0.1) is 0 Å². The molecule has 0 spiro atoms. The molecule has 0 bridgehead atoms. The zero-order valence-electron chi connectivity index (χ0n) is 12.0. The Kier molecular flexibility index (Phi) is 3.55. The molecule has 1 aliphatic carbocycles. The van der Waals surface area contributed by atoms with Gasteiger partial charge in [-0.15, -0.1) is 0 Å². The van der Waals surface area contributed by atoms with Gasteiger partial charge in [-0.3, -0.25) is 9.47 Å². The number of carboxylic acids is 1. The van der Waals surface area contributed by atoms with Gasteiger partial charge >= 0.3 is 11.7 Å². The molecule has 0 amide bonds. The number of hydrogen-bond donors (Lipinski definition) is 2. The first-order chi connectivity index (χ1) is 10.1. The smallest absolute Gasteiger partial charge is 0.337 e. The van der Waals surface area contributed by atoms with Crippen molar-refractivity contribution in [3.63, 3.8) is 0 Å². The molecule has 0 saturated heterocycles. The number of carbonyl (C=O) groups is 1. The van der Waals surface area contributed by atoms with Crippen LogP contribution in [0.15, 0.2) is 23.0 Å². The first-order valence-corrected chi connectivity index (χ1v) is 7.30. The third-order valence-electron chi connectivity index (χ3n) is 4.12. The third kappa shape index (κ3) is 2.58. The summed E-state index contributed by atoms with van der Waals surface area (Å²) in [5, 5.41) is 9.18. The normalized spacial score (nSPS) is 15.0. The van der Waals surface area contributed by atoms with Gasteiger partial charge in [0, 0.05) is 19.1 Å². The first-order valence-electron chi connectivity index (χ1n) is 7.30. The predicted molar refractivity (Wildman–Crippen MR) is 79.8 cm³/mol. The lowest BCUT2D eigenvalue weighted by atomic mass is 10.2. The van der Waals surface area contributed by atoms with Gasteiger partial charge in [0.15, 0.2) is 0 Å². The van der Waals surface area contributed by atoms with Gasteiger partial charge in [0.05, 0.1) is 16.6 Å². The third-order valence-corrected chi connectivity index (χ3v) is 4.12. The Morgan fingerprint density at radius 3 is 2.86 bits per heavy atom. The monoisotopic (exact) mass is 289 g/mol. The molecule has 1 aromatic heterocycles. The number of aromatic nitrogens is 2. The molecule has 112 valence electrons. The largest absolute Gasteiger partial charge is 0.478 e. The minimum Gasteiger partial charge on any atom is -0.478 e. The van der Waals surface area contributed by atoms with Crippen molar-refractivity contribution >= 4 is 17.0 Å². The maximum absolute atomic E-state index is 12.1. The molecule has 1 fully saturated rings. The van der Waals surface area contributed by atoms with Crippen molar-refractivity contribution in [3.8, 4) is 0 Å². The molecule has 0 atom stereocenters. The number of likely N-dealkylation sites (N-methyl/N-ethyl adjacent to an activating group) is 1. The molecule has 1 aromatic carbocycles. The van der Waals surface area contributed by atoms with Gasteiger partial charge in [-0.25, -0.2) is 9.59 Å². The number of imidazole rings is 1. The number of nitrogens with one attached hydrogen (secondary N) is 1. The van der Waals surface area contributed by atoms with E-state index < -0.39 is 5.97 Å². The van der Waals surface area contributed by atoms with Gasteiger partial charge in [-0.1, -0.05) is 13.0 Å². The second kappa shape index (κ2) is 5.37. The molecule has 1 heterocycles. The predicted octanol–water partition coefficient (Wildman–Crippen LogP) is 1.51. The van der Waals surface area contributed by atoms with Gasteiger partial charge in [0.2, 0.25) is 0 Å². The first kappa shape index (κ1) is 13.9. The quantitative estimate of drug-likeness (QED) is 0.845. The van der Waals surface area contributed by atoms with Crippen molar-refractivity contribution in [2.45, 2.75) is 32.4 Å². The molecule has 6 heteroatoms. The van der Waals surface area contributed by atoms with Crippen LogP contribution in [-0.4, -0.2) is 44.7 Å². The Labute approximate surface area is 122 Å². The van der Waals surface area contributed by atoms with E-state index in [1.807, 2.05) is 0 Å². The highest BCUT2D eigenvalue weighted by atomic mass is 16.4. The van der Waals surface area contributed by atoms with Crippen LogP contribution in [0.1, 0.15) is 30.1 Å². The maximum atomic E-state index is 12.1. The fourth-order valence-electron chi connectivity index (χ4n) is 2.85. The van der Waals surface area contributed by atoms with Crippen molar-refractivity contribution in [2.24, 2.45) is 0 Å². The number of fused-ring (bicyclic) bond motifs is 1. The summed E-state index contributed by atoms with van der Waals surface area (Å²) >= 11 is 0. The average molecular weight is 289 g/mol. The van der Waals surface area contributed by atoms with Gasteiger partial charge in [0.25, 0.3) is 0 Å². The Hall–Kier alpha value is -2.08. The number of rotatable bonds is 6. The highest BCUT2D eigenvalue weighted by molar-refractivity contribution is 6.00. The summed E-state index contributed by atoms with van der Waals surface area (Å²) in [6.07, 6.45) is 2.47. The molecule has 1 saturated carbocycles. The van der Waals surface area contributed by atoms with Crippen LogP contribution in [0.3, 0.4) is 0 Å². The number of aromatic carboxylic acids is 1. The van der Waals surface area contributed by atoms with E-state index in [1.165, 1.54) is 18.9 Å². The zero-order chi connectivity index (χ0) is 15.0. The lowest BCUT2D eigenvalue weighted by Gasteiger charge is -2.19. The Bertz CT molecular complexity index is 727. The molecular weight excluding hydrogens is 270 g/mol. The summed E-state index contributed by atoms with van der Waals surface area (Å²) in [5.74, 6) is -1.03. The van der Waals surface area contributed by atoms with Crippen molar-refractivity contribution < 1.29 is 9.90 Å². The Morgan fingerprint density at radius 2 is 2.24 bits per heavy atom. The minimum atomic E-state index is -1.03. The molecule has 0 unspecified atom stereocenters. The molecule has 21 heavy (non-hydrogen) atoms. The Morgan fingerprint density at radius 1 is 1.48 bits per heavy atom. The summed E-state index contributed by atoms with van der Waals surface area (Å²) in [5.41, 5.74) is 0.958. The molecule has 0 radical (unpaired) electrons. The number of carboxylic acid groups (broad SMARTS) is 1. The number of aromatic amines is 1. The second-order valence-corrected chi connectivity index (χ2v) is 5.45. The molecule has 1 aliphatic rings. The fraction of sp³-hybridized carbons (Fsp3) is 0.467. The van der Waals surface area contributed by atoms with Gasteiger partial charge in [-0.2, -0.15) is 0 Å². The summed E-state index contributed by atoms with van der Waals surface area (Å²) in [7, 11) is 0. The lowest BCUT2D eigenvalue weighted by Crippen LogP contribution is -2.31. The van der Waals surface area contributed by atoms with Crippen LogP contribution >= 0.6 is 0 Å². The summed E-state index contributed by atoms with van der Waals surface area (Å²) in [4.78, 5) is 28.3. The van der Waals surface area contributed by atoms with E-state index in [9.17, 15) is 14.7 Å². The molecular formula is C15H19N3O3. The average Bonchev–Trinajstić information content (AvgIpc) is 3.23. The highest BCUT2D eigenvalue weighted by Gasteiger charge is 2.27. The molecule has 2 aromatic rings. The van der Waals surface area contributed by atoms with Crippen molar-refractivity contribution in [3.05, 3.63) is 34.2 Å². The van der Waals surface area contributed by atoms with E-state index in [4.69, 9.17) is 0 Å². The standard InChI is InChI=1S/C15H19N3O3/c1-2-17(10-6-7-10)8-9-18-12-5-3-4-11(14(19)20)13(12)16-15(18)21/h3-5,10H,2,6-9H2,1H3,(H,16,21)(H,19,20).